The molecule has 4 heterocycles. The Morgan fingerprint density at radius 3 is 2.35 bits per heavy atom. The molecule has 0 aliphatic carbocycles. The summed E-state index contributed by atoms with van der Waals surface area (Å²) in [5, 5.41) is 2.97. The number of benzene rings is 3. The van der Waals surface area contributed by atoms with Gasteiger partial charge in [0.15, 0.2) is 0 Å². The molecule has 0 saturated carbocycles. The van der Waals surface area contributed by atoms with Crippen LogP contribution in [0.4, 0.5) is 17.2 Å². The van der Waals surface area contributed by atoms with Gasteiger partial charge in [0.05, 0.1) is 34.6 Å². The number of anilines is 3. The number of carbonyl (C=O) groups is 1. The molecule has 0 atom stereocenters. The van der Waals surface area contributed by atoms with Crippen molar-refractivity contribution in [2.75, 3.05) is 41.3 Å². The van der Waals surface area contributed by atoms with E-state index in [-0.39, 0.29) is 5.91 Å². The molecule has 6 aromatic rings. The molecule has 196 valence electrons. The summed E-state index contributed by atoms with van der Waals surface area (Å²) >= 11 is 0. The highest BCUT2D eigenvalue weighted by Gasteiger charge is 2.19. The van der Waals surface area contributed by atoms with Crippen molar-refractivity contribution in [1.29, 1.82) is 0 Å². The van der Waals surface area contributed by atoms with Gasteiger partial charge in [-0.15, -0.1) is 0 Å². The third kappa shape index (κ3) is 4.69. The number of hydrogen-bond acceptors (Lipinski definition) is 7. The third-order valence-electron chi connectivity index (χ3n) is 7.32. The SMILES string of the molecule is O=C(Nc1ccc(-c2ccc3ncc(N4CCN(c5ccncc5)CC4)nc3c2)cc1)c1ccc2[nH]cnc2c1. The normalized spacial score (nSPS) is 13.6. The summed E-state index contributed by atoms with van der Waals surface area (Å²) < 4.78 is 0. The van der Waals surface area contributed by atoms with E-state index >= 15 is 0 Å². The number of amides is 1. The van der Waals surface area contributed by atoms with E-state index in [0.717, 1.165) is 70.9 Å². The second-order valence-corrected chi connectivity index (χ2v) is 9.78. The zero-order chi connectivity index (χ0) is 26.9. The molecule has 1 aliphatic rings. The van der Waals surface area contributed by atoms with Crippen LogP contribution in [0.25, 0.3) is 33.2 Å². The molecule has 3 aromatic heterocycles. The molecule has 1 aliphatic heterocycles. The fraction of sp³-hybridized carbons (Fsp3) is 0.129. The minimum absolute atomic E-state index is 0.173. The van der Waals surface area contributed by atoms with Crippen LogP contribution < -0.4 is 15.1 Å². The van der Waals surface area contributed by atoms with Gasteiger partial charge < -0.3 is 20.1 Å². The quantitative estimate of drug-likeness (QED) is 0.320. The topological polar surface area (TPSA) is 103 Å². The lowest BCUT2D eigenvalue weighted by Crippen LogP contribution is -2.46. The van der Waals surface area contributed by atoms with Gasteiger partial charge in [-0.2, -0.15) is 0 Å². The molecule has 1 fully saturated rings. The maximum absolute atomic E-state index is 12.8. The number of fused-ring (bicyclic) bond motifs is 2. The number of imidazole rings is 1. The Morgan fingerprint density at radius 2 is 1.52 bits per heavy atom. The first-order chi connectivity index (χ1) is 19.7. The van der Waals surface area contributed by atoms with Crippen molar-refractivity contribution in [2.24, 2.45) is 0 Å². The standard InChI is InChI=1S/C31H26N8O/c40-31(23-4-8-26-28(18-23)35-20-34-26)36-24-5-1-21(2-6-24)22-3-7-27-29(17-22)37-30(19-33-27)39-15-13-38(14-16-39)25-9-11-32-12-10-25/h1-12,17-20H,13-16H2,(H,34,35)(H,36,40). The summed E-state index contributed by atoms with van der Waals surface area (Å²) in [5.41, 5.74) is 7.95. The van der Waals surface area contributed by atoms with E-state index in [4.69, 9.17) is 4.98 Å². The maximum Gasteiger partial charge on any atom is 0.255 e. The van der Waals surface area contributed by atoms with Crippen LogP contribution in [0.15, 0.2) is 97.7 Å². The van der Waals surface area contributed by atoms with Crippen LogP contribution in [0.2, 0.25) is 0 Å². The lowest BCUT2D eigenvalue weighted by molar-refractivity contribution is 0.102. The Labute approximate surface area is 230 Å². The van der Waals surface area contributed by atoms with Crippen molar-refractivity contribution < 1.29 is 4.79 Å². The lowest BCUT2D eigenvalue weighted by Gasteiger charge is -2.36. The molecule has 0 radical (unpaired) electrons. The summed E-state index contributed by atoms with van der Waals surface area (Å²) in [4.78, 5) is 38.4. The Hall–Kier alpha value is -5.31. The van der Waals surface area contributed by atoms with E-state index < -0.39 is 0 Å². The Kier molecular flexibility index (Phi) is 6.01. The minimum Gasteiger partial charge on any atom is -0.368 e. The molecule has 0 bridgehead atoms. The predicted octanol–water partition coefficient (Wildman–Crippen LogP) is 5.15. The minimum atomic E-state index is -0.173. The van der Waals surface area contributed by atoms with E-state index in [9.17, 15) is 4.79 Å². The van der Waals surface area contributed by atoms with Crippen molar-refractivity contribution in [2.45, 2.75) is 0 Å². The zero-order valence-corrected chi connectivity index (χ0v) is 21.7. The number of piperazine rings is 1. The Morgan fingerprint density at radius 1 is 0.750 bits per heavy atom. The van der Waals surface area contributed by atoms with E-state index in [2.05, 4.69) is 59.3 Å². The third-order valence-corrected chi connectivity index (χ3v) is 7.32. The number of pyridine rings is 1. The van der Waals surface area contributed by atoms with Crippen LogP contribution >= 0.6 is 0 Å². The Bertz CT molecular complexity index is 1810. The number of aromatic amines is 1. The summed E-state index contributed by atoms with van der Waals surface area (Å²) in [7, 11) is 0. The van der Waals surface area contributed by atoms with E-state index in [1.165, 1.54) is 5.69 Å². The number of H-pyrrole nitrogens is 1. The van der Waals surface area contributed by atoms with Gasteiger partial charge in [-0.3, -0.25) is 14.8 Å². The van der Waals surface area contributed by atoms with Crippen molar-refractivity contribution in [3.8, 4) is 11.1 Å². The second-order valence-electron chi connectivity index (χ2n) is 9.78. The average Bonchev–Trinajstić information content (AvgIpc) is 3.50. The highest BCUT2D eigenvalue weighted by molar-refractivity contribution is 6.06. The highest BCUT2D eigenvalue weighted by atomic mass is 16.1. The number of carbonyl (C=O) groups excluding carboxylic acids is 1. The van der Waals surface area contributed by atoms with Crippen LogP contribution in [-0.2, 0) is 0 Å². The lowest BCUT2D eigenvalue weighted by atomic mass is 10.0. The smallest absolute Gasteiger partial charge is 0.255 e. The molecule has 3 aromatic carbocycles. The van der Waals surface area contributed by atoms with Gasteiger partial charge in [0.1, 0.15) is 5.82 Å². The van der Waals surface area contributed by atoms with Crippen LogP contribution in [0.5, 0.6) is 0 Å². The summed E-state index contributed by atoms with van der Waals surface area (Å²) in [6.45, 7) is 3.60. The first-order valence-electron chi connectivity index (χ1n) is 13.2. The van der Waals surface area contributed by atoms with Crippen LogP contribution in [0.1, 0.15) is 10.4 Å². The van der Waals surface area contributed by atoms with Gasteiger partial charge >= 0.3 is 0 Å². The van der Waals surface area contributed by atoms with E-state index in [1.807, 2.05) is 55.0 Å². The van der Waals surface area contributed by atoms with Gasteiger partial charge in [0.25, 0.3) is 5.91 Å². The molecule has 40 heavy (non-hydrogen) atoms. The fourth-order valence-electron chi connectivity index (χ4n) is 5.10. The second kappa shape index (κ2) is 10.1. The van der Waals surface area contributed by atoms with Crippen molar-refractivity contribution in [3.05, 3.63) is 103 Å². The number of nitrogens with one attached hydrogen (secondary N) is 2. The Balaban J connectivity index is 1.05. The van der Waals surface area contributed by atoms with Crippen molar-refractivity contribution in [3.63, 3.8) is 0 Å². The van der Waals surface area contributed by atoms with Gasteiger partial charge in [-0.05, 0) is 65.7 Å². The van der Waals surface area contributed by atoms with Crippen LogP contribution in [-0.4, -0.2) is 57.0 Å². The molecule has 7 rings (SSSR count). The summed E-state index contributed by atoms with van der Waals surface area (Å²) in [5.74, 6) is 0.720. The van der Waals surface area contributed by atoms with Crippen LogP contribution in [0.3, 0.4) is 0 Å². The molecule has 9 heteroatoms. The number of aromatic nitrogens is 5. The molecule has 2 N–H and O–H groups in total. The maximum atomic E-state index is 12.8. The molecular formula is C31H26N8O. The predicted molar refractivity (Wildman–Crippen MR) is 158 cm³/mol. The van der Waals surface area contributed by atoms with Crippen LogP contribution in [0, 0.1) is 0 Å². The molecule has 1 saturated heterocycles. The molecular weight excluding hydrogens is 500 g/mol. The summed E-state index contributed by atoms with van der Waals surface area (Å²) in [6.07, 6.45) is 7.16. The number of rotatable bonds is 5. The van der Waals surface area contributed by atoms with E-state index in [1.54, 1.807) is 18.5 Å². The average molecular weight is 527 g/mol. The van der Waals surface area contributed by atoms with Gasteiger partial charge in [-0.1, -0.05) is 18.2 Å². The molecule has 0 spiro atoms. The highest BCUT2D eigenvalue weighted by Crippen LogP contribution is 2.26. The molecule has 9 nitrogen and oxygen atoms in total. The largest absolute Gasteiger partial charge is 0.368 e. The number of nitrogens with zero attached hydrogens (tertiary/aromatic N) is 6. The first-order valence-corrected chi connectivity index (χ1v) is 13.2. The van der Waals surface area contributed by atoms with Crippen molar-refractivity contribution in [1.82, 2.24) is 24.9 Å². The van der Waals surface area contributed by atoms with Gasteiger partial charge in [-0.25, -0.2) is 9.97 Å². The molecule has 0 unspecified atom stereocenters. The van der Waals surface area contributed by atoms with E-state index in [0.29, 0.717) is 5.56 Å². The molecule has 1 amide bonds. The fourth-order valence-corrected chi connectivity index (χ4v) is 5.10. The zero-order valence-electron chi connectivity index (χ0n) is 21.7. The summed E-state index contributed by atoms with van der Waals surface area (Å²) in [6, 6.07) is 23.5. The monoisotopic (exact) mass is 526 g/mol. The van der Waals surface area contributed by atoms with Gasteiger partial charge in [0.2, 0.25) is 0 Å². The van der Waals surface area contributed by atoms with Gasteiger partial charge in [0, 0.05) is 55.5 Å². The number of hydrogen-bond donors (Lipinski definition) is 2. The first kappa shape index (κ1) is 23.8. The van der Waals surface area contributed by atoms with Crippen molar-refractivity contribution >= 4 is 45.2 Å².